The molecule has 0 bridgehead atoms. The van der Waals surface area contributed by atoms with Crippen LogP contribution in [-0.2, 0) is 0 Å². The van der Waals surface area contributed by atoms with E-state index in [-0.39, 0.29) is 5.56 Å². The molecule has 6 rings (SSSR count). The van der Waals surface area contributed by atoms with Crippen LogP contribution in [0.4, 0.5) is 0 Å². The Labute approximate surface area is 178 Å². The molecule has 7 heteroatoms. The summed E-state index contributed by atoms with van der Waals surface area (Å²) in [4.78, 5) is 19.5. The van der Waals surface area contributed by atoms with Crippen molar-refractivity contribution in [2.45, 2.75) is 0 Å². The van der Waals surface area contributed by atoms with E-state index in [1.807, 2.05) is 89.1 Å². The molecule has 0 saturated heterocycles. The van der Waals surface area contributed by atoms with Gasteiger partial charge in [-0.3, -0.25) is 4.79 Å². The molecule has 0 atom stereocenters. The van der Waals surface area contributed by atoms with E-state index in [9.17, 15) is 4.79 Å². The lowest BCUT2D eigenvalue weighted by Crippen LogP contribution is -2.22. The molecule has 0 spiro atoms. The number of aromatic nitrogens is 4. The first-order chi connectivity index (χ1) is 14.8. The first-order valence-electron chi connectivity index (χ1n) is 9.39. The fourth-order valence-corrected chi connectivity index (χ4v) is 5.27. The van der Waals surface area contributed by atoms with Gasteiger partial charge in [-0.15, -0.1) is 11.3 Å². The van der Waals surface area contributed by atoms with Crippen molar-refractivity contribution in [3.05, 3.63) is 98.8 Å². The van der Waals surface area contributed by atoms with Crippen LogP contribution in [0.25, 0.3) is 38.3 Å². The topological polar surface area (TPSA) is 52.2 Å². The van der Waals surface area contributed by atoms with Crippen molar-refractivity contribution >= 4 is 44.7 Å². The van der Waals surface area contributed by atoms with E-state index in [4.69, 9.17) is 5.10 Å². The van der Waals surface area contributed by atoms with E-state index in [1.54, 1.807) is 15.7 Å². The van der Waals surface area contributed by atoms with Gasteiger partial charge in [0, 0.05) is 11.8 Å². The lowest BCUT2D eigenvalue weighted by molar-refractivity contribution is 0.885. The molecule has 0 aliphatic heterocycles. The van der Waals surface area contributed by atoms with Crippen LogP contribution in [0.5, 0.6) is 0 Å². The maximum Gasteiger partial charge on any atom is 0.274 e. The van der Waals surface area contributed by atoms with Gasteiger partial charge in [-0.05, 0) is 41.8 Å². The molecule has 0 unspecified atom stereocenters. The van der Waals surface area contributed by atoms with Gasteiger partial charge in [-0.1, -0.05) is 47.7 Å². The Kier molecular flexibility index (Phi) is 3.90. The molecule has 0 N–H and O–H groups in total. The molecule has 0 aliphatic rings. The predicted molar refractivity (Wildman–Crippen MR) is 123 cm³/mol. The number of benzene rings is 2. The summed E-state index contributed by atoms with van der Waals surface area (Å²) in [6, 6.07) is 21.8. The van der Waals surface area contributed by atoms with Crippen LogP contribution in [0, 0.1) is 0 Å². The van der Waals surface area contributed by atoms with Gasteiger partial charge in [0.25, 0.3) is 5.56 Å². The van der Waals surface area contributed by atoms with E-state index >= 15 is 0 Å². The number of hydrogen-bond acceptors (Lipinski definition) is 5. The lowest BCUT2D eigenvalue weighted by atomic mass is 10.2. The van der Waals surface area contributed by atoms with Crippen LogP contribution in [0.3, 0.4) is 0 Å². The van der Waals surface area contributed by atoms with Gasteiger partial charge >= 0.3 is 0 Å². The fourth-order valence-electron chi connectivity index (χ4n) is 3.56. The molecule has 2 aromatic carbocycles. The maximum absolute atomic E-state index is 13.2. The van der Waals surface area contributed by atoms with Crippen molar-refractivity contribution in [2.24, 2.45) is 0 Å². The smallest absolute Gasteiger partial charge is 0.267 e. The van der Waals surface area contributed by atoms with Gasteiger partial charge < -0.3 is 0 Å². The summed E-state index contributed by atoms with van der Waals surface area (Å²) in [5.74, 6) is 0. The molecule has 0 amide bonds. The van der Waals surface area contributed by atoms with Crippen LogP contribution in [0.1, 0.15) is 5.56 Å². The SMILES string of the molecule is O=c1c(=Cc2cn(-c3ccccc3)nc2-c2cccs2)sc2nc3ccccc3n12. The Bertz CT molecular complexity index is 1610. The molecular formula is C23H14N4OS2. The fraction of sp³-hybridized carbons (Fsp3) is 0. The Morgan fingerprint density at radius 1 is 0.933 bits per heavy atom. The van der Waals surface area contributed by atoms with E-state index in [2.05, 4.69) is 4.98 Å². The lowest BCUT2D eigenvalue weighted by Gasteiger charge is -1.99. The standard InChI is InChI=1S/C23H14N4OS2/c28-22-20(30-23-24-17-9-4-5-10-18(17)27(22)23)13-15-14-26(16-7-2-1-3-8-16)25-21(15)19-11-6-12-29-19/h1-14H. The van der Waals surface area contributed by atoms with Crippen molar-refractivity contribution in [1.82, 2.24) is 19.2 Å². The summed E-state index contributed by atoms with van der Waals surface area (Å²) in [5, 5.41) is 6.85. The minimum absolute atomic E-state index is 0.0479. The monoisotopic (exact) mass is 426 g/mol. The highest BCUT2D eigenvalue weighted by atomic mass is 32.1. The van der Waals surface area contributed by atoms with Crippen molar-refractivity contribution in [3.63, 3.8) is 0 Å². The van der Waals surface area contributed by atoms with Crippen LogP contribution in [0.15, 0.2) is 83.1 Å². The molecule has 6 aromatic rings. The zero-order valence-corrected chi connectivity index (χ0v) is 17.2. The van der Waals surface area contributed by atoms with Gasteiger partial charge in [0.1, 0.15) is 5.69 Å². The summed E-state index contributed by atoms with van der Waals surface area (Å²) in [6.07, 6.45) is 3.91. The summed E-state index contributed by atoms with van der Waals surface area (Å²) < 4.78 is 4.20. The van der Waals surface area contributed by atoms with Crippen molar-refractivity contribution in [3.8, 4) is 16.3 Å². The number of thiophene rings is 1. The third kappa shape index (κ3) is 2.71. The van der Waals surface area contributed by atoms with E-state index in [1.165, 1.54) is 11.3 Å². The molecule has 4 aromatic heterocycles. The highest BCUT2D eigenvalue weighted by Gasteiger charge is 2.14. The second-order valence-corrected chi connectivity index (χ2v) is 8.78. The van der Waals surface area contributed by atoms with Gasteiger partial charge in [0.2, 0.25) is 0 Å². The first-order valence-corrected chi connectivity index (χ1v) is 11.1. The Hall–Kier alpha value is -3.55. The maximum atomic E-state index is 13.2. The Morgan fingerprint density at radius 3 is 2.60 bits per heavy atom. The minimum Gasteiger partial charge on any atom is -0.267 e. The number of para-hydroxylation sites is 3. The summed E-state index contributed by atoms with van der Waals surface area (Å²) in [5.41, 5.74) is 4.38. The molecule has 0 fully saturated rings. The Morgan fingerprint density at radius 2 is 1.77 bits per heavy atom. The third-order valence-electron chi connectivity index (χ3n) is 4.95. The Balaban J connectivity index is 1.59. The van der Waals surface area contributed by atoms with Gasteiger partial charge in [-0.25, -0.2) is 14.1 Å². The van der Waals surface area contributed by atoms with E-state index in [0.29, 0.717) is 9.49 Å². The molecule has 0 aliphatic carbocycles. The summed E-state index contributed by atoms with van der Waals surface area (Å²) in [6.45, 7) is 0. The summed E-state index contributed by atoms with van der Waals surface area (Å²) in [7, 11) is 0. The van der Waals surface area contributed by atoms with Crippen LogP contribution >= 0.6 is 22.7 Å². The minimum atomic E-state index is -0.0479. The van der Waals surface area contributed by atoms with E-state index in [0.717, 1.165) is 32.9 Å². The molecule has 30 heavy (non-hydrogen) atoms. The number of hydrogen-bond donors (Lipinski definition) is 0. The zero-order chi connectivity index (χ0) is 20.1. The quantitative estimate of drug-likeness (QED) is 0.422. The largest absolute Gasteiger partial charge is 0.274 e. The number of rotatable bonds is 3. The highest BCUT2D eigenvalue weighted by Crippen LogP contribution is 2.28. The van der Waals surface area contributed by atoms with Gasteiger partial charge in [0.05, 0.1) is 26.1 Å². The van der Waals surface area contributed by atoms with E-state index < -0.39 is 0 Å². The van der Waals surface area contributed by atoms with Crippen LogP contribution in [-0.4, -0.2) is 19.2 Å². The highest BCUT2D eigenvalue weighted by molar-refractivity contribution is 7.15. The number of imidazole rings is 1. The molecule has 4 heterocycles. The predicted octanol–water partition coefficient (Wildman–Crippen LogP) is 4.37. The second-order valence-electron chi connectivity index (χ2n) is 6.82. The third-order valence-corrected chi connectivity index (χ3v) is 6.79. The molecule has 0 radical (unpaired) electrons. The number of nitrogens with zero attached hydrogens (tertiary/aromatic N) is 4. The number of fused-ring (bicyclic) bond motifs is 3. The summed E-state index contributed by atoms with van der Waals surface area (Å²) >= 11 is 3.04. The zero-order valence-electron chi connectivity index (χ0n) is 15.6. The number of thiazole rings is 1. The van der Waals surface area contributed by atoms with Crippen molar-refractivity contribution in [1.29, 1.82) is 0 Å². The van der Waals surface area contributed by atoms with Crippen LogP contribution in [0.2, 0.25) is 0 Å². The normalized spacial score (nSPS) is 12.3. The molecule has 0 saturated carbocycles. The molecule has 5 nitrogen and oxygen atoms in total. The molecule has 144 valence electrons. The van der Waals surface area contributed by atoms with Crippen LogP contribution < -0.4 is 10.1 Å². The van der Waals surface area contributed by atoms with Crippen molar-refractivity contribution < 1.29 is 0 Å². The first kappa shape index (κ1) is 17.3. The second kappa shape index (κ2) is 6.76. The average molecular weight is 427 g/mol. The molecular weight excluding hydrogens is 412 g/mol. The van der Waals surface area contributed by atoms with Gasteiger partial charge in [0.15, 0.2) is 4.96 Å². The van der Waals surface area contributed by atoms with Crippen molar-refractivity contribution in [2.75, 3.05) is 0 Å². The van der Waals surface area contributed by atoms with Gasteiger partial charge in [-0.2, -0.15) is 5.10 Å². The average Bonchev–Trinajstić information content (AvgIpc) is 3.54.